The number of carboxylic acid groups (broad SMARTS) is 1. The summed E-state index contributed by atoms with van der Waals surface area (Å²) < 4.78 is 5.28. The number of hydrogen-bond acceptors (Lipinski definition) is 3. The van der Waals surface area contributed by atoms with Gasteiger partial charge in [-0.1, -0.05) is 30.3 Å². The summed E-state index contributed by atoms with van der Waals surface area (Å²) in [5.74, 6) is 0.831. The maximum atomic E-state index is 11.4. The van der Waals surface area contributed by atoms with E-state index in [0.717, 1.165) is 29.1 Å². The van der Waals surface area contributed by atoms with Crippen LogP contribution in [-0.2, 0) is 13.1 Å². The van der Waals surface area contributed by atoms with Crippen molar-refractivity contribution in [3.8, 4) is 5.75 Å². The van der Waals surface area contributed by atoms with Crippen LogP contribution < -0.4 is 9.64 Å². The van der Waals surface area contributed by atoms with Crippen molar-refractivity contribution in [1.82, 2.24) is 4.90 Å². The minimum atomic E-state index is -0.872. The first-order chi connectivity index (χ1) is 11.2. The standard InChI is InChI=1S/C18H20N2O3/c1-23-16-7-4-5-14(11-16)12-19-9-10-20(18(21)22)13-15-6-2-3-8-17(15)19/h2-8,11H,9-10,12-13H2,1H3,(H,21,22). The second kappa shape index (κ2) is 6.60. The van der Waals surface area contributed by atoms with Crippen LogP contribution in [0.25, 0.3) is 0 Å². The monoisotopic (exact) mass is 312 g/mol. The third-order valence-corrected chi connectivity index (χ3v) is 4.11. The number of amides is 1. The number of para-hydroxylation sites is 1. The van der Waals surface area contributed by atoms with E-state index >= 15 is 0 Å². The molecule has 0 bridgehead atoms. The number of carbonyl (C=O) groups is 1. The van der Waals surface area contributed by atoms with Crippen LogP contribution in [0.5, 0.6) is 5.75 Å². The topological polar surface area (TPSA) is 53.0 Å². The molecular formula is C18H20N2O3. The summed E-state index contributed by atoms with van der Waals surface area (Å²) in [6.45, 7) is 2.32. The first-order valence-electron chi connectivity index (χ1n) is 7.61. The third-order valence-electron chi connectivity index (χ3n) is 4.11. The fourth-order valence-electron chi connectivity index (χ4n) is 2.92. The zero-order valence-electron chi connectivity index (χ0n) is 13.1. The Morgan fingerprint density at radius 2 is 2.00 bits per heavy atom. The van der Waals surface area contributed by atoms with E-state index in [0.29, 0.717) is 19.6 Å². The van der Waals surface area contributed by atoms with Gasteiger partial charge in [0.1, 0.15) is 5.75 Å². The molecule has 1 N–H and O–H groups in total. The Labute approximate surface area is 135 Å². The lowest BCUT2D eigenvalue weighted by molar-refractivity contribution is 0.144. The fraction of sp³-hybridized carbons (Fsp3) is 0.278. The Balaban J connectivity index is 1.88. The van der Waals surface area contributed by atoms with Crippen molar-refractivity contribution >= 4 is 11.8 Å². The van der Waals surface area contributed by atoms with Crippen LogP contribution in [0.2, 0.25) is 0 Å². The Hall–Kier alpha value is -2.69. The predicted octanol–water partition coefficient (Wildman–Crippen LogP) is 3.20. The van der Waals surface area contributed by atoms with E-state index < -0.39 is 6.09 Å². The summed E-state index contributed by atoms with van der Waals surface area (Å²) in [6, 6.07) is 16.0. The van der Waals surface area contributed by atoms with E-state index in [-0.39, 0.29) is 0 Å². The molecule has 2 aromatic carbocycles. The average Bonchev–Trinajstić information content (AvgIpc) is 2.75. The lowest BCUT2D eigenvalue weighted by Gasteiger charge is -2.25. The van der Waals surface area contributed by atoms with Crippen molar-refractivity contribution in [2.24, 2.45) is 0 Å². The van der Waals surface area contributed by atoms with Crippen LogP contribution in [-0.4, -0.2) is 36.3 Å². The van der Waals surface area contributed by atoms with Gasteiger partial charge in [0, 0.05) is 25.3 Å². The van der Waals surface area contributed by atoms with Gasteiger partial charge in [-0.15, -0.1) is 0 Å². The molecule has 5 nitrogen and oxygen atoms in total. The Morgan fingerprint density at radius 3 is 2.78 bits per heavy atom. The first-order valence-corrected chi connectivity index (χ1v) is 7.61. The van der Waals surface area contributed by atoms with Gasteiger partial charge in [-0.3, -0.25) is 0 Å². The quantitative estimate of drug-likeness (QED) is 0.945. The normalized spacial score (nSPS) is 14.1. The Morgan fingerprint density at radius 1 is 1.17 bits per heavy atom. The number of nitrogens with zero attached hydrogens (tertiary/aromatic N) is 2. The molecule has 5 heteroatoms. The SMILES string of the molecule is COc1cccc(CN2CCN(C(=O)O)Cc3ccccc32)c1. The van der Waals surface area contributed by atoms with Crippen molar-refractivity contribution in [3.05, 3.63) is 59.7 Å². The molecule has 0 atom stereocenters. The van der Waals surface area contributed by atoms with E-state index in [1.165, 1.54) is 4.90 Å². The summed E-state index contributed by atoms with van der Waals surface area (Å²) in [7, 11) is 1.66. The molecule has 120 valence electrons. The summed E-state index contributed by atoms with van der Waals surface area (Å²) in [6.07, 6.45) is -0.872. The zero-order chi connectivity index (χ0) is 16.2. The molecule has 1 aliphatic heterocycles. The number of ether oxygens (including phenoxy) is 1. The van der Waals surface area contributed by atoms with Crippen LogP contribution in [0.1, 0.15) is 11.1 Å². The van der Waals surface area contributed by atoms with Gasteiger partial charge in [0.2, 0.25) is 0 Å². The highest BCUT2D eigenvalue weighted by Gasteiger charge is 2.22. The van der Waals surface area contributed by atoms with Gasteiger partial charge in [0.25, 0.3) is 0 Å². The van der Waals surface area contributed by atoms with Crippen LogP contribution in [0, 0.1) is 0 Å². The molecule has 23 heavy (non-hydrogen) atoms. The van der Waals surface area contributed by atoms with Crippen LogP contribution in [0.3, 0.4) is 0 Å². The minimum absolute atomic E-state index is 0.431. The van der Waals surface area contributed by atoms with Crippen molar-refractivity contribution in [3.63, 3.8) is 0 Å². The first kappa shape index (κ1) is 15.2. The summed E-state index contributed by atoms with van der Waals surface area (Å²) in [4.78, 5) is 15.0. The number of hydrogen-bond donors (Lipinski definition) is 1. The second-order valence-corrected chi connectivity index (χ2v) is 5.61. The summed E-state index contributed by atoms with van der Waals surface area (Å²) in [5.41, 5.74) is 3.28. The Kier molecular flexibility index (Phi) is 4.37. The third kappa shape index (κ3) is 3.39. The molecular weight excluding hydrogens is 292 g/mol. The molecule has 0 aliphatic carbocycles. The number of benzene rings is 2. The summed E-state index contributed by atoms with van der Waals surface area (Å²) >= 11 is 0. The Bertz CT molecular complexity index is 702. The van der Waals surface area contributed by atoms with E-state index in [4.69, 9.17) is 4.74 Å². The van der Waals surface area contributed by atoms with Gasteiger partial charge in [0.15, 0.2) is 0 Å². The lowest BCUT2D eigenvalue weighted by atomic mass is 10.1. The van der Waals surface area contributed by atoms with Crippen molar-refractivity contribution in [2.45, 2.75) is 13.1 Å². The molecule has 1 aliphatic rings. The number of rotatable bonds is 3. The van der Waals surface area contributed by atoms with Crippen LogP contribution in [0.15, 0.2) is 48.5 Å². The largest absolute Gasteiger partial charge is 0.497 e. The van der Waals surface area contributed by atoms with Gasteiger partial charge in [0.05, 0.1) is 13.7 Å². The molecule has 0 saturated carbocycles. The molecule has 0 spiro atoms. The van der Waals surface area contributed by atoms with Gasteiger partial charge >= 0.3 is 6.09 Å². The van der Waals surface area contributed by atoms with Crippen molar-refractivity contribution in [1.29, 1.82) is 0 Å². The molecule has 1 amide bonds. The molecule has 1 heterocycles. The molecule has 2 aromatic rings. The minimum Gasteiger partial charge on any atom is -0.497 e. The maximum Gasteiger partial charge on any atom is 0.407 e. The average molecular weight is 312 g/mol. The van der Waals surface area contributed by atoms with Gasteiger partial charge in [-0.2, -0.15) is 0 Å². The van der Waals surface area contributed by atoms with Gasteiger partial charge < -0.3 is 19.6 Å². The molecule has 0 unspecified atom stereocenters. The highest BCUT2D eigenvalue weighted by Crippen LogP contribution is 2.27. The van der Waals surface area contributed by atoms with Crippen molar-refractivity contribution < 1.29 is 14.6 Å². The molecule has 0 aromatic heterocycles. The lowest BCUT2D eigenvalue weighted by Crippen LogP contribution is -2.34. The van der Waals surface area contributed by atoms with E-state index in [2.05, 4.69) is 17.0 Å². The highest BCUT2D eigenvalue weighted by atomic mass is 16.5. The number of methoxy groups -OCH3 is 1. The van der Waals surface area contributed by atoms with Crippen LogP contribution in [0.4, 0.5) is 10.5 Å². The maximum absolute atomic E-state index is 11.4. The van der Waals surface area contributed by atoms with E-state index in [1.807, 2.05) is 36.4 Å². The molecule has 0 radical (unpaired) electrons. The highest BCUT2D eigenvalue weighted by molar-refractivity contribution is 5.67. The molecule has 0 fully saturated rings. The van der Waals surface area contributed by atoms with E-state index in [1.54, 1.807) is 7.11 Å². The van der Waals surface area contributed by atoms with Gasteiger partial charge in [-0.25, -0.2) is 4.79 Å². The fourth-order valence-corrected chi connectivity index (χ4v) is 2.92. The second-order valence-electron chi connectivity index (χ2n) is 5.61. The van der Waals surface area contributed by atoms with E-state index in [9.17, 15) is 9.90 Å². The molecule has 0 saturated heterocycles. The smallest absolute Gasteiger partial charge is 0.407 e. The van der Waals surface area contributed by atoms with Gasteiger partial charge in [-0.05, 0) is 29.3 Å². The molecule has 3 rings (SSSR count). The predicted molar refractivity (Wildman–Crippen MR) is 88.9 cm³/mol. The van der Waals surface area contributed by atoms with Crippen LogP contribution >= 0.6 is 0 Å². The number of anilines is 1. The van der Waals surface area contributed by atoms with Crippen molar-refractivity contribution in [2.75, 3.05) is 25.1 Å². The zero-order valence-corrected chi connectivity index (χ0v) is 13.1. The summed E-state index contributed by atoms with van der Waals surface area (Å²) in [5, 5.41) is 9.32. The number of fused-ring (bicyclic) bond motifs is 1.